The van der Waals surface area contributed by atoms with E-state index in [2.05, 4.69) is 25.8 Å². The molecule has 20 heavy (non-hydrogen) atoms. The van der Waals surface area contributed by atoms with Gasteiger partial charge in [0.05, 0.1) is 11.9 Å². The van der Waals surface area contributed by atoms with E-state index in [1.54, 1.807) is 0 Å². The van der Waals surface area contributed by atoms with Crippen molar-refractivity contribution in [3.05, 3.63) is 16.1 Å². The molecule has 0 aliphatic heterocycles. The summed E-state index contributed by atoms with van der Waals surface area (Å²) in [6.45, 7) is 6.20. The second-order valence-electron chi connectivity index (χ2n) is 5.28. The Morgan fingerprint density at radius 3 is 2.80 bits per heavy atom. The van der Waals surface area contributed by atoms with Gasteiger partial charge in [-0.3, -0.25) is 4.79 Å². The fourth-order valence-corrected chi connectivity index (χ4v) is 2.94. The van der Waals surface area contributed by atoms with Crippen LogP contribution in [0.4, 0.5) is 0 Å². The highest BCUT2D eigenvalue weighted by molar-refractivity contribution is 7.11. The number of thiazole rings is 1. The van der Waals surface area contributed by atoms with E-state index >= 15 is 0 Å². The Morgan fingerprint density at radius 2 is 2.25 bits per heavy atom. The number of carbonyl (C=O) groups excluding carboxylic acids is 2. The molecule has 1 radical (unpaired) electrons. The van der Waals surface area contributed by atoms with Gasteiger partial charge in [0.25, 0.3) is 7.41 Å². The van der Waals surface area contributed by atoms with E-state index in [1.165, 1.54) is 18.8 Å². The highest BCUT2D eigenvalue weighted by Crippen LogP contribution is 2.18. The van der Waals surface area contributed by atoms with Crippen molar-refractivity contribution in [1.29, 1.82) is 0 Å². The molecule has 0 aliphatic carbocycles. The molecule has 1 aromatic heterocycles. The van der Waals surface area contributed by atoms with Gasteiger partial charge in [-0.25, -0.2) is 4.98 Å². The molecule has 0 saturated carbocycles. The van der Waals surface area contributed by atoms with Gasteiger partial charge in [-0.2, -0.15) is 0 Å². The quantitative estimate of drug-likeness (QED) is 0.398. The van der Waals surface area contributed by atoms with Gasteiger partial charge < -0.3 is 9.61 Å². The Hall–Kier alpha value is -1.01. The minimum Gasteiger partial charge on any atom is -0.339 e. The molecule has 1 heterocycles. The molecule has 1 rings (SSSR count). The predicted octanol–water partition coefficient (Wildman–Crippen LogP) is 2.43. The number of ketones is 1. The molecule has 6 heteroatoms. The lowest BCUT2D eigenvalue weighted by atomic mass is 9.87. The zero-order chi connectivity index (χ0) is 15.1. The third-order valence-electron chi connectivity index (χ3n) is 3.28. The maximum Gasteiger partial charge on any atom is 0.293 e. The Kier molecular flexibility index (Phi) is 7.09. The fraction of sp³-hybridized carbons (Fsp3) is 0.643. The number of aromatic nitrogens is 1. The highest BCUT2D eigenvalue weighted by atomic mass is 32.1. The van der Waals surface area contributed by atoms with Crippen molar-refractivity contribution in [2.45, 2.75) is 46.1 Å². The van der Waals surface area contributed by atoms with Gasteiger partial charge in [0.15, 0.2) is 10.8 Å². The standard InChI is InChI=1S/C14H22BN2O2S/c1-5-6-11-8-20-14(16-11)13(19)7-12(10(2)3)17(4)15-9-18/h8-10,12H,5-7H2,1-4H3/t12-/m1/s1. The van der Waals surface area contributed by atoms with Gasteiger partial charge >= 0.3 is 0 Å². The molecule has 0 bridgehead atoms. The van der Waals surface area contributed by atoms with Crippen LogP contribution in [0.2, 0.25) is 0 Å². The molecule has 0 aromatic carbocycles. The number of Topliss-reactive ketones (excluding diaryl/α,β-unsaturated/α-hetero) is 1. The van der Waals surface area contributed by atoms with Crippen LogP contribution in [0.5, 0.6) is 0 Å². The summed E-state index contributed by atoms with van der Waals surface area (Å²) >= 11 is 1.42. The zero-order valence-electron chi connectivity index (χ0n) is 12.6. The van der Waals surface area contributed by atoms with Crippen molar-refractivity contribution in [2.24, 2.45) is 5.92 Å². The molecule has 1 aromatic rings. The van der Waals surface area contributed by atoms with Crippen molar-refractivity contribution in [2.75, 3.05) is 7.05 Å². The van der Waals surface area contributed by atoms with Gasteiger partial charge in [0.2, 0.25) is 0 Å². The van der Waals surface area contributed by atoms with Crippen LogP contribution < -0.4 is 0 Å². The highest BCUT2D eigenvalue weighted by Gasteiger charge is 2.24. The van der Waals surface area contributed by atoms with Gasteiger partial charge in [-0.1, -0.05) is 27.2 Å². The summed E-state index contributed by atoms with van der Waals surface area (Å²) in [6, 6.07) is 0.0197. The van der Waals surface area contributed by atoms with Crippen LogP contribution in [-0.2, 0) is 11.2 Å². The SMILES string of the molecule is CCCc1csc(C(=O)C[C@H](C(C)C)N(C)[B]C=O)n1. The number of hydrogen-bond acceptors (Lipinski definition) is 5. The normalized spacial score (nSPS) is 12.7. The Morgan fingerprint density at radius 1 is 1.55 bits per heavy atom. The lowest BCUT2D eigenvalue weighted by Gasteiger charge is -2.28. The van der Waals surface area contributed by atoms with E-state index in [0.717, 1.165) is 24.7 Å². The number of rotatable bonds is 9. The summed E-state index contributed by atoms with van der Waals surface area (Å²) in [6.07, 6.45) is 3.08. The van der Waals surface area contributed by atoms with Crippen LogP contribution in [0.25, 0.3) is 0 Å². The van der Waals surface area contributed by atoms with E-state index in [1.807, 2.05) is 17.2 Å². The predicted molar refractivity (Wildman–Crippen MR) is 84.0 cm³/mol. The molecule has 0 N–H and O–H groups in total. The molecular formula is C14H22BN2O2S. The van der Waals surface area contributed by atoms with Gasteiger partial charge in [-0.15, -0.1) is 11.3 Å². The van der Waals surface area contributed by atoms with E-state index in [0.29, 0.717) is 11.4 Å². The fourth-order valence-electron chi connectivity index (χ4n) is 2.14. The monoisotopic (exact) mass is 293 g/mol. The summed E-state index contributed by atoms with van der Waals surface area (Å²) in [7, 11) is 3.30. The van der Waals surface area contributed by atoms with Crippen LogP contribution in [0.15, 0.2) is 5.38 Å². The minimum absolute atomic E-state index is 0.0197. The molecule has 0 amide bonds. The molecule has 1 atom stereocenters. The van der Waals surface area contributed by atoms with Crippen molar-refractivity contribution >= 4 is 30.7 Å². The van der Waals surface area contributed by atoms with Crippen LogP contribution in [0.1, 0.15) is 49.1 Å². The largest absolute Gasteiger partial charge is 0.339 e. The van der Waals surface area contributed by atoms with E-state index < -0.39 is 0 Å². The van der Waals surface area contributed by atoms with Gasteiger partial charge in [0, 0.05) is 17.8 Å². The molecular weight excluding hydrogens is 271 g/mol. The third kappa shape index (κ3) is 4.83. The topological polar surface area (TPSA) is 50.3 Å². The molecule has 0 fully saturated rings. The summed E-state index contributed by atoms with van der Waals surface area (Å²) in [5, 5.41) is 2.54. The number of nitrogens with zero attached hydrogens (tertiary/aromatic N) is 2. The summed E-state index contributed by atoms with van der Waals surface area (Å²) < 4.78 is 0. The van der Waals surface area contributed by atoms with Crippen LogP contribution in [-0.4, -0.2) is 42.3 Å². The molecule has 4 nitrogen and oxygen atoms in total. The van der Waals surface area contributed by atoms with Crippen LogP contribution >= 0.6 is 11.3 Å². The third-order valence-corrected chi connectivity index (χ3v) is 4.21. The first-order valence-electron chi connectivity index (χ1n) is 6.97. The average molecular weight is 293 g/mol. The van der Waals surface area contributed by atoms with Crippen LogP contribution in [0.3, 0.4) is 0 Å². The van der Waals surface area contributed by atoms with Crippen molar-refractivity contribution in [1.82, 2.24) is 9.79 Å². The maximum absolute atomic E-state index is 12.3. The van der Waals surface area contributed by atoms with Crippen molar-refractivity contribution < 1.29 is 9.59 Å². The van der Waals surface area contributed by atoms with E-state index in [9.17, 15) is 9.59 Å². The van der Waals surface area contributed by atoms with Crippen LogP contribution in [0, 0.1) is 5.92 Å². The first-order valence-corrected chi connectivity index (χ1v) is 7.85. The summed E-state index contributed by atoms with van der Waals surface area (Å²) in [5.74, 6) is 0.345. The zero-order valence-corrected chi connectivity index (χ0v) is 13.4. The maximum atomic E-state index is 12.3. The van der Waals surface area contributed by atoms with Crippen molar-refractivity contribution in [3.8, 4) is 0 Å². The minimum atomic E-state index is 0.0197. The second kappa shape index (κ2) is 8.32. The number of carbonyl (C=O) groups is 2. The Labute approximate surface area is 125 Å². The summed E-state index contributed by atoms with van der Waals surface area (Å²) in [5.41, 5.74) is 0.995. The van der Waals surface area contributed by atoms with Gasteiger partial charge in [-0.05, 0) is 19.4 Å². The van der Waals surface area contributed by atoms with E-state index in [-0.39, 0.29) is 17.7 Å². The lowest BCUT2D eigenvalue weighted by molar-refractivity contribution is 0.0942. The average Bonchev–Trinajstić information content (AvgIpc) is 2.84. The summed E-state index contributed by atoms with van der Waals surface area (Å²) in [4.78, 5) is 29.1. The smallest absolute Gasteiger partial charge is 0.293 e. The molecule has 109 valence electrons. The lowest BCUT2D eigenvalue weighted by Crippen LogP contribution is -2.40. The Balaban J connectivity index is 2.71. The first-order chi connectivity index (χ1) is 9.49. The van der Waals surface area contributed by atoms with E-state index in [4.69, 9.17) is 0 Å². The second-order valence-corrected chi connectivity index (χ2v) is 6.14. The molecule has 0 aliphatic rings. The Bertz CT molecular complexity index is 448. The molecule has 0 unspecified atom stereocenters. The molecule has 0 spiro atoms. The first kappa shape index (κ1) is 17.0. The number of hydrogen-bond donors (Lipinski definition) is 0. The molecule has 0 saturated heterocycles. The van der Waals surface area contributed by atoms with Gasteiger partial charge in [0.1, 0.15) is 0 Å². The number of aryl methyl sites for hydroxylation is 1. The van der Waals surface area contributed by atoms with Crippen molar-refractivity contribution in [3.63, 3.8) is 0 Å².